The monoisotopic (exact) mass is 243 g/mol. The molecule has 1 aliphatic rings. The molecule has 1 aliphatic heterocycles. The summed E-state index contributed by atoms with van der Waals surface area (Å²) in [6, 6.07) is 9.42. The smallest absolute Gasteiger partial charge is 0.254 e. The molecule has 85 valence electrons. The standard InChI is InChI=1S/C13H11N2OS/c16-13(10-4-2-1-3-5-10)15-7-6-11-12(8-15)17-9-14-11/h1-5H,6-8H2. The second-order valence-electron chi connectivity index (χ2n) is 4.02. The van der Waals surface area contributed by atoms with Crippen LogP contribution in [0.25, 0.3) is 0 Å². The van der Waals surface area contributed by atoms with E-state index in [0.29, 0.717) is 6.54 Å². The topological polar surface area (TPSA) is 33.2 Å². The van der Waals surface area contributed by atoms with Gasteiger partial charge in [0.25, 0.3) is 5.91 Å². The van der Waals surface area contributed by atoms with Crippen LogP contribution in [0.1, 0.15) is 20.9 Å². The van der Waals surface area contributed by atoms with Crippen molar-refractivity contribution in [2.75, 3.05) is 6.54 Å². The van der Waals surface area contributed by atoms with E-state index in [2.05, 4.69) is 10.5 Å². The Balaban J connectivity index is 1.81. The number of nitrogens with zero attached hydrogens (tertiary/aromatic N) is 2. The number of amides is 1. The molecular weight excluding hydrogens is 232 g/mol. The predicted octanol–water partition coefficient (Wildman–Crippen LogP) is 2.14. The zero-order chi connectivity index (χ0) is 11.7. The van der Waals surface area contributed by atoms with E-state index in [4.69, 9.17) is 0 Å². The van der Waals surface area contributed by atoms with Gasteiger partial charge in [-0.3, -0.25) is 4.79 Å². The Morgan fingerprint density at radius 1 is 1.35 bits per heavy atom. The molecule has 2 heterocycles. The average molecular weight is 243 g/mol. The van der Waals surface area contributed by atoms with E-state index in [1.165, 1.54) is 16.2 Å². The summed E-state index contributed by atoms with van der Waals surface area (Å²) >= 11 is 1.51. The highest BCUT2D eigenvalue weighted by Gasteiger charge is 2.23. The maximum absolute atomic E-state index is 12.2. The van der Waals surface area contributed by atoms with Gasteiger partial charge in [0.15, 0.2) is 5.51 Å². The van der Waals surface area contributed by atoms with Crippen molar-refractivity contribution in [1.82, 2.24) is 9.88 Å². The predicted molar refractivity (Wildman–Crippen MR) is 65.8 cm³/mol. The molecule has 1 radical (unpaired) electrons. The normalized spacial score (nSPS) is 14.5. The van der Waals surface area contributed by atoms with Crippen molar-refractivity contribution in [2.24, 2.45) is 0 Å². The van der Waals surface area contributed by atoms with E-state index in [1.54, 1.807) is 0 Å². The van der Waals surface area contributed by atoms with Crippen LogP contribution in [0, 0.1) is 5.51 Å². The van der Waals surface area contributed by atoms with Gasteiger partial charge in [0.2, 0.25) is 0 Å². The molecule has 1 aromatic heterocycles. The fourth-order valence-electron chi connectivity index (χ4n) is 2.00. The molecular formula is C13H11N2OS. The highest BCUT2D eigenvalue weighted by atomic mass is 32.1. The van der Waals surface area contributed by atoms with Gasteiger partial charge >= 0.3 is 0 Å². The second kappa shape index (κ2) is 4.30. The van der Waals surface area contributed by atoms with Gasteiger partial charge in [0.1, 0.15) is 0 Å². The maximum Gasteiger partial charge on any atom is 0.254 e. The zero-order valence-electron chi connectivity index (χ0n) is 9.22. The van der Waals surface area contributed by atoms with E-state index in [0.717, 1.165) is 24.2 Å². The van der Waals surface area contributed by atoms with Crippen LogP contribution in [-0.4, -0.2) is 22.3 Å². The lowest BCUT2D eigenvalue weighted by atomic mass is 10.1. The van der Waals surface area contributed by atoms with E-state index in [-0.39, 0.29) is 5.91 Å². The Bertz CT molecular complexity index is 535. The minimum Gasteiger partial charge on any atom is -0.333 e. The SMILES string of the molecule is O=C(c1ccccc1)N1CCc2n[c]sc2C1. The van der Waals surface area contributed by atoms with Crippen LogP contribution in [0.3, 0.4) is 0 Å². The number of thiazole rings is 1. The fourth-order valence-corrected chi connectivity index (χ4v) is 2.75. The van der Waals surface area contributed by atoms with Crippen LogP contribution in [0.5, 0.6) is 0 Å². The van der Waals surface area contributed by atoms with Crippen LogP contribution in [0.2, 0.25) is 0 Å². The lowest BCUT2D eigenvalue weighted by Crippen LogP contribution is -2.35. The number of fused-ring (bicyclic) bond motifs is 1. The minimum atomic E-state index is 0.102. The number of hydrogen-bond acceptors (Lipinski definition) is 3. The van der Waals surface area contributed by atoms with Crippen molar-refractivity contribution >= 4 is 17.2 Å². The third kappa shape index (κ3) is 1.96. The van der Waals surface area contributed by atoms with Crippen LogP contribution in [-0.2, 0) is 13.0 Å². The van der Waals surface area contributed by atoms with Gasteiger partial charge in [-0.25, -0.2) is 4.98 Å². The first kappa shape index (κ1) is 10.5. The van der Waals surface area contributed by atoms with Gasteiger partial charge < -0.3 is 4.90 Å². The van der Waals surface area contributed by atoms with Crippen LogP contribution < -0.4 is 0 Å². The summed E-state index contributed by atoms with van der Waals surface area (Å²) in [6.07, 6.45) is 0.841. The molecule has 0 bridgehead atoms. The molecule has 0 atom stereocenters. The van der Waals surface area contributed by atoms with Gasteiger partial charge in [-0.1, -0.05) is 18.2 Å². The van der Waals surface area contributed by atoms with Crippen LogP contribution in [0.4, 0.5) is 0 Å². The van der Waals surface area contributed by atoms with Gasteiger partial charge in [0.05, 0.1) is 12.2 Å². The fraction of sp³-hybridized carbons (Fsp3) is 0.231. The molecule has 0 unspecified atom stereocenters. The van der Waals surface area contributed by atoms with Crippen molar-refractivity contribution in [1.29, 1.82) is 0 Å². The molecule has 0 saturated heterocycles. The zero-order valence-corrected chi connectivity index (χ0v) is 10.0. The summed E-state index contributed by atoms with van der Waals surface area (Å²) in [4.78, 5) is 19.5. The number of carbonyl (C=O) groups excluding carboxylic acids is 1. The van der Waals surface area contributed by atoms with E-state index < -0.39 is 0 Å². The number of rotatable bonds is 1. The first-order valence-corrected chi connectivity index (χ1v) is 6.35. The van der Waals surface area contributed by atoms with Crippen molar-refractivity contribution in [2.45, 2.75) is 13.0 Å². The number of aromatic nitrogens is 1. The molecule has 0 spiro atoms. The average Bonchev–Trinajstić information content (AvgIpc) is 2.86. The van der Waals surface area contributed by atoms with Gasteiger partial charge in [-0.15, -0.1) is 11.3 Å². The minimum absolute atomic E-state index is 0.102. The molecule has 4 heteroatoms. The van der Waals surface area contributed by atoms with E-state index in [9.17, 15) is 4.79 Å². The van der Waals surface area contributed by atoms with Crippen LogP contribution in [0.15, 0.2) is 30.3 Å². The van der Waals surface area contributed by atoms with E-state index in [1.807, 2.05) is 35.2 Å². The number of benzene rings is 1. The molecule has 1 amide bonds. The summed E-state index contributed by atoms with van der Waals surface area (Å²) in [5.74, 6) is 0.102. The highest BCUT2D eigenvalue weighted by molar-refractivity contribution is 7.09. The summed E-state index contributed by atoms with van der Waals surface area (Å²) < 4.78 is 0. The molecule has 0 aliphatic carbocycles. The molecule has 0 saturated carbocycles. The third-order valence-electron chi connectivity index (χ3n) is 2.93. The molecule has 0 N–H and O–H groups in total. The Morgan fingerprint density at radius 2 is 2.18 bits per heavy atom. The Labute approximate surface area is 104 Å². The Morgan fingerprint density at radius 3 is 3.00 bits per heavy atom. The van der Waals surface area contributed by atoms with Gasteiger partial charge in [0, 0.05) is 23.4 Å². The summed E-state index contributed by atoms with van der Waals surface area (Å²) in [6.45, 7) is 1.42. The van der Waals surface area contributed by atoms with Crippen molar-refractivity contribution in [3.05, 3.63) is 52.0 Å². The molecule has 17 heavy (non-hydrogen) atoms. The lowest BCUT2D eigenvalue weighted by Gasteiger charge is -2.26. The molecule has 0 fully saturated rings. The quantitative estimate of drug-likeness (QED) is 0.769. The Kier molecular flexibility index (Phi) is 2.65. The summed E-state index contributed by atoms with van der Waals surface area (Å²) in [7, 11) is 0. The lowest BCUT2D eigenvalue weighted by molar-refractivity contribution is 0.0736. The van der Waals surface area contributed by atoms with Gasteiger partial charge in [-0.2, -0.15) is 0 Å². The highest BCUT2D eigenvalue weighted by Crippen LogP contribution is 2.22. The summed E-state index contributed by atoms with van der Waals surface area (Å²) in [5, 5.41) is 0. The number of carbonyl (C=O) groups is 1. The Hall–Kier alpha value is -1.68. The molecule has 2 aromatic rings. The van der Waals surface area contributed by atoms with Crippen molar-refractivity contribution in [3.63, 3.8) is 0 Å². The maximum atomic E-state index is 12.2. The molecule has 3 nitrogen and oxygen atoms in total. The summed E-state index contributed by atoms with van der Waals surface area (Å²) in [5.41, 5.74) is 4.75. The third-order valence-corrected chi connectivity index (χ3v) is 3.73. The largest absolute Gasteiger partial charge is 0.333 e. The second-order valence-corrected chi connectivity index (χ2v) is 4.90. The van der Waals surface area contributed by atoms with Crippen molar-refractivity contribution in [3.8, 4) is 0 Å². The first-order chi connectivity index (χ1) is 8.34. The molecule has 3 rings (SSSR count). The van der Waals surface area contributed by atoms with Crippen molar-refractivity contribution < 1.29 is 4.79 Å². The number of hydrogen-bond donors (Lipinski definition) is 0. The molecule has 1 aromatic carbocycles. The van der Waals surface area contributed by atoms with Crippen LogP contribution >= 0.6 is 11.3 Å². The first-order valence-electron chi connectivity index (χ1n) is 5.53. The van der Waals surface area contributed by atoms with Gasteiger partial charge in [-0.05, 0) is 12.1 Å². The van der Waals surface area contributed by atoms with E-state index >= 15 is 0 Å².